The quantitative estimate of drug-likeness (QED) is 0.831. The van der Waals surface area contributed by atoms with E-state index in [4.69, 9.17) is 4.74 Å². The van der Waals surface area contributed by atoms with E-state index in [2.05, 4.69) is 4.72 Å². The molecule has 0 spiro atoms. The van der Waals surface area contributed by atoms with Crippen molar-refractivity contribution in [3.05, 3.63) is 0 Å². The monoisotopic (exact) mass is 346 g/mol. The number of carbonyl (C=O) groups is 1. The summed E-state index contributed by atoms with van der Waals surface area (Å²) in [6.45, 7) is 13.1. The second kappa shape index (κ2) is 8.47. The molecule has 6 heteroatoms. The number of amides is 1. The van der Waals surface area contributed by atoms with E-state index in [1.165, 1.54) is 0 Å². The van der Waals surface area contributed by atoms with Crippen LogP contribution in [0.2, 0.25) is 0 Å². The summed E-state index contributed by atoms with van der Waals surface area (Å²) in [6, 6.07) is 0.258. The Kier molecular flexibility index (Phi) is 7.52. The molecule has 0 aromatic heterocycles. The number of nitrogens with zero attached hydrogens (tertiary/aromatic N) is 1. The highest BCUT2D eigenvalue weighted by atomic mass is 32.2. The molecule has 1 rings (SSSR count). The summed E-state index contributed by atoms with van der Waals surface area (Å²) in [5, 5.41) is 0. The van der Waals surface area contributed by atoms with Crippen LogP contribution >= 0.6 is 0 Å². The van der Waals surface area contributed by atoms with Crippen molar-refractivity contribution in [3.8, 4) is 0 Å². The number of hydrogen-bond donors (Lipinski definition) is 1. The molecule has 1 unspecified atom stereocenters. The maximum Gasteiger partial charge on any atom is 0.410 e. The van der Waals surface area contributed by atoms with Crippen molar-refractivity contribution in [2.24, 2.45) is 0 Å². The fraction of sp³-hybridized carbons (Fsp3) is 0.941. The lowest BCUT2D eigenvalue weighted by Crippen LogP contribution is -2.40. The molecular weight excluding hydrogens is 312 g/mol. The van der Waals surface area contributed by atoms with Crippen molar-refractivity contribution in [3.63, 3.8) is 0 Å². The Morgan fingerprint density at radius 2 is 1.61 bits per heavy atom. The Hall–Kier alpha value is -0.620. The van der Waals surface area contributed by atoms with Crippen molar-refractivity contribution in [2.75, 3.05) is 13.1 Å². The summed E-state index contributed by atoms with van der Waals surface area (Å²) in [5.41, 5.74) is -0.455. The standard InChI is InChI=1S/C17H34N2O3S/c1-16(2,3)22-15(20)19-12-8-7-10-14(11-9-13-19)18-23(21)17(4,5)6/h14,18H,7-13H2,1-6H3/t14?,23-/m1/s1. The van der Waals surface area contributed by atoms with E-state index in [1.54, 1.807) is 0 Å². The van der Waals surface area contributed by atoms with Gasteiger partial charge in [-0.2, -0.15) is 0 Å². The first-order chi connectivity index (χ1) is 10.5. The second-order valence-electron chi connectivity index (χ2n) is 8.30. The molecule has 1 amide bonds. The molecule has 0 aromatic carbocycles. The normalized spacial score (nSPS) is 22.7. The van der Waals surface area contributed by atoms with Crippen LogP contribution in [0.25, 0.3) is 0 Å². The average Bonchev–Trinajstić information content (AvgIpc) is 2.47. The number of ether oxygens (including phenoxy) is 1. The third-order valence-electron chi connectivity index (χ3n) is 3.69. The van der Waals surface area contributed by atoms with Crippen molar-refractivity contribution in [1.82, 2.24) is 9.62 Å². The van der Waals surface area contributed by atoms with Crippen LogP contribution in [0.15, 0.2) is 0 Å². The minimum atomic E-state index is -1.04. The van der Waals surface area contributed by atoms with Crippen molar-refractivity contribution in [1.29, 1.82) is 0 Å². The van der Waals surface area contributed by atoms with E-state index < -0.39 is 16.6 Å². The van der Waals surface area contributed by atoms with Gasteiger partial charge in [0.05, 0.1) is 15.7 Å². The first kappa shape index (κ1) is 20.4. The first-order valence-electron chi connectivity index (χ1n) is 8.65. The van der Waals surface area contributed by atoms with Crippen LogP contribution in [-0.2, 0) is 15.7 Å². The van der Waals surface area contributed by atoms with Gasteiger partial charge in [0, 0.05) is 19.1 Å². The average molecular weight is 347 g/mol. The molecule has 1 fully saturated rings. The summed E-state index contributed by atoms with van der Waals surface area (Å²) < 4.78 is 20.8. The molecular formula is C17H34N2O3S. The smallest absolute Gasteiger partial charge is 0.410 e. The van der Waals surface area contributed by atoms with Gasteiger partial charge in [-0.15, -0.1) is 0 Å². The van der Waals surface area contributed by atoms with E-state index in [9.17, 15) is 9.00 Å². The molecule has 2 atom stereocenters. The molecule has 0 radical (unpaired) electrons. The summed E-state index contributed by atoms with van der Waals surface area (Å²) in [7, 11) is -1.04. The molecule has 0 aliphatic carbocycles. The highest BCUT2D eigenvalue weighted by molar-refractivity contribution is 7.84. The SMILES string of the molecule is CC(C)(C)OC(=O)N1CCCCC(N[S@](=O)C(C)(C)C)CCC1. The molecule has 1 heterocycles. The van der Waals surface area contributed by atoms with Crippen LogP contribution in [-0.4, -0.2) is 44.7 Å². The topological polar surface area (TPSA) is 58.6 Å². The van der Waals surface area contributed by atoms with Gasteiger partial charge in [-0.1, -0.05) is 6.42 Å². The first-order valence-corrected chi connectivity index (χ1v) is 9.80. The summed E-state index contributed by atoms with van der Waals surface area (Å²) in [4.78, 5) is 14.0. The van der Waals surface area contributed by atoms with Gasteiger partial charge in [0.1, 0.15) is 5.60 Å². The van der Waals surface area contributed by atoms with Gasteiger partial charge in [0.25, 0.3) is 0 Å². The van der Waals surface area contributed by atoms with E-state index in [0.29, 0.717) is 6.54 Å². The molecule has 23 heavy (non-hydrogen) atoms. The lowest BCUT2D eigenvalue weighted by atomic mass is 10.1. The van der Waals surface area contributed by atoms with Crippen LogP contribution in [0.1, 0.15) is 73.6 Å². The van der Waals surface area contributed by atoms with Crippen LogP contribution in [0.5, 0.6) is 0 Å². The summed E-state index contributed by atoms with van der Waals surface area (Å²) >= 11 is 0. The maximum absolute atomic E-state index is 12.3. The Morgan fingerprint density at radius 3 is 2.17 bits per heavy atom. The number of hydrogen-bond acceptors (Lipinski definition) is 3. The molecule has 1 N–H and O–H groups in total. The number of rotatable bonds is 2. The Balaban J connectivity index is 2.54. The molecule has 136 valence electrons. The molecule has 0 aromatic rings. The predicted octanol–water partition coefficient (Wildman–Crippen LogP) is 3.61. The number of nitrogens with one attached hydrogen (secondary N) is 1. The molecule has 0 saturated carbocycles. The van der Waals surface area contributed by atoms with E-state index in [0.717, 1.165) is 38.6 Å². The lowest BCUT2D eigenvalue weighted by Gasteiger charge is -2.27. The number of carbonyl (C=O) groups excluding carboxylic acids is 1. The molecule has 1 saturated heterocycles. The third kappa shape index (κ3) is 8.15. The maximum atomic E-state index is 12.3. The summed E-state index contributed by atoms with van der Waals surface area (Å²) in [6.07, 6.45) is 4.60. The predicted molar refractivity (Wildman–Crippen MR) is 95.7 cm³/mol. The van der Waals surface area contributed by atoms with Crippen LogP contribution in [0, 0.1) is 0 Å². The van der Waals surface area contributed by atoms with Gasteiger partial charge in [-0.3, -0.25) is 0 Å². The zero-order valence-corrected chi connectivity index (χ0v) is 16.4. The Bertz CT molecular complexity index is 413. The lowest BCUT2D eigenvalue weighted by molar-refractivity contribution is 0.0246. The zero-order valence-electron chi connectivity index (χ0n) is 15.6. The van der Waals surface area contributed by atoms with Gasteiger partial charge in [-0.05, 0) is 67.2 Å². The summed E-state index contributed by atoms with van der Waals surface area (Å²) in [5.74, 6) is 0. The highest BCUT2D eigenvalue weighted by Crippen LogP contribution is 2.18. The fourth-order valence-corrected chi connectivity index (χ4v) is 3.33. The second-order valence-corrected chi connectivity index (χ2v) is 10.3. The van der Waals surface area contributed by atoms with Gasteiger partial charge >= 0.3 is 6.09 Å². The minimum absolute atomic E-state index is 0.220. The van der Waals surface area contributed by atoms with Gasteiger partial charge in [0.15, 0.2) is 0 Å². The van der Waals surface area contributed by atoms with E-state index >= 15 is 0 Å². The minimum Gasteiger partial charge on any atom is -0.444 e. The van der Waals surface area contributed by atoms with Gasteiger partial charge in [0.2, 0.25) is 0 Å². The Morgan fingerprint density at radius 1 is 1.04 bits per heavy atom. The van der Waals surface area contributed by atoms with Crippen LogP contribution in [0.3, 0.4) is 0 Å². The zero-order chi connectivity index (χ0) is 17.7. The molecule has 1 aliphatic heterocycles. The molecule has 1 aliphatic rings. The van der Waals surface area contributed by atoms with Crippen LogP contribution < -0.4 is 4.72 Å². The fourth-order valence-electron chi connectivity index (χ4n) is 2.43. The van der Waals surface area contributed by atoms with Crippen LogP contribution in [0.4, 0.5) is 4.79 Å². The molecule has 0 bridgehead atoms. The highest BCUT2D eigenvalue weighted by Gasteiger charge is 2.25. The van der Waals surface area contributed by atoms with Crippen molar-refractivity contribution >= 4 is 17.1 Å². The largest absolute Gasteiger partial charge is 0.444 e. The van der Waals surface area contributed by atoms with E-state index in [-0.39, 0.29) is 16.9 Å². The Labute approximate surface area is 144 Å². The van der Waals surface area contributed by atoms with Crippen molar-refractivity contribution in [2.45, 2.75) is 90.0 Å². The van der Waals surface area contributed by atoms with Gasteiger partial charge < -0.3 is 9.64 Å². The van der Waals surface area contributed by atoms with E-state index in [1.807, 2.05) is 46.4 Å². The molecule has 5 nitrogen and oxygen atoms in total. The third-order valence-corrected chi connectivity index (χ3v) is 5.35. The van der Waals surface area contributed by atoms with Gasteiger partial charge in [-0.25, -0.2) is 13.7 Å². The van der Waals surface area contributed by atoms with Crippen molar-refractivity contribution < 1.29 is 13.7 Å².